The van der Waals surface area contributed by atoms with Crippen molar-refractivity contribution in [1.29, 1.82) is 0 Å². The van der Waals surface area contributed by atoms with Crippen molar-refractivity contribution in [3.05, 3.63) is 64.7 Å². The highest BCUT2D eigenvalue weighted by Gasteiger charge is 2.39. The molecule has 3 rings (SSSR count). The van der Waals surface area contributed by atoms with Gasteiger partial charge in [-0.05, 0) is 84.6 Å². The average molecular weight is 598 g/mol. The van der Waals surface area contributed by atoms with Gasteiger partial charge in [0.1, 0.15) is 17.9 Å². The van der Waals surface area contributed by atoms with Gasteiger partial charge in [-0.2, -0.15) is 13.2 Å². The molecule has 0 N–H and O–H groups in total. The van der Waals surface area contributed by atoms with Crippen LogP contribution in [0.2, 0.25) is 0 Å². The quantitative estimate of drug-likeness (QED) is 0.229. The van der Waals surface area contributed by atoms with Gasteiger partial charge >= 0.3 is 14.8 Å². The van der Waals surface area contributed by atoms with Crippen molar-refractivity contribution in [2.24, 2.45) is 4.99 Å². The predicted octanol–water partition coefficient (Wildman–Crippen LogP) is 8.63. The fraction of sp³-hybridized carbons (Fsp3) is 0.581. The molecule has 2 aromatic carbocycles. The third kappa shape index (κ3) is 11.2. The van der Waals surface area contributed by atoms with Crippen molar-refractivity contribution in [1.82, 2.24) is 0 Å². The first-order chi connectivity index (χ1) is 18.9. The summed E-state index contributed by atoms with van der Waals surface area (Å²) in [6, 6.07) is 12.1. The lowest BCUT2D eigenvalue weighted by atomic mass is 9.93. The van der Waals surface area contributed by atoms with E-state index in [4.69, 9.17) is 23.0 Å². The molecular formula is C31H43F3NO5P. The predicted molar refractivity (Wildman–Crippen MR) is 156 cm³/mol. The van der Waals surface area contributed by atoms with Crippen LogP contribution in [-0.4, -0.2) is 42.5 Å². The van der Waals surface area contributed by atoms with E-state index in [9.17, 15) is 13.2 Å². The molecule has 10 heteroatoms. The van der Waals surface area contributed by atoms with Crippen molar-refractivity contribution < 1.29 is 36.2 Å². The number of aryl methyl sites for hydroxylation is 2. The zero-order valence-electron chi connectivity index (χ0n) is 25.4. The summed E-state index contributed by atoms with van der Waals surface area (Å²) in [5, 5.41) is 0. The van der Waals surface area contributed by atoms with E-state index in [2.05, 4.69) is 4.99 Å². The summed E-state index contributed by atoms with van der Waals surface area (Å²) in [6.45, 7) is 15.8. The van der Waals surface area contributed by atoms with Gasteiger partial charge < -0.3 is 23.0 Å². The molecule has 228 valence electrons. The Hall–Kier alpha value is -2.19. The van der Waals surface area contributed by atoms with Crippen molar-refractivity contribution >= 4 is 14.5 Å². The molecule has 0 radical (unpaired) electrons. The van der Waals surface area contributed by atoms with Crippen LogP contribution in [0.25, 0.3) is 0 Å². The number of alkyl halides is 3. The Kier molecular flexibility index (Phi) is 10.9. The monoisotopic (exact) mass is 597 g/mol. The summed E-state index contributed by atoms with van der Waals surface area (Å²) >= 11 is 0. The van der Waals surface area contributed by atoms with Gasteiger partial charge in [-0.25, -0.2) is 4.99 Å². The molecule has 1 aliphatic rings. The third-order valence-corrected chi connectivity index (χ3v) is 7.81. The average Bonchev–Trinajstić information content (AvgIpc) is 3.21. The second-order valence-corrected chi connectivity index (χ2v) is 13.5. The number of rotatable bonds is 12. The third-order valence-electron chi connectivity index (χ3n) is 6.08. The molecule has 6 nitrogen and oxygen atoms in total. The Morgan fingerprint density at radius 3 is 2.02 bits per heavy atom. The van der Waals surface area contributed by atoms with E-state index in [-0.39, 0.29) is 25.6 Å². The molecule has 0 saturated carbocycles. The largest absolute Gasteiger partial charge is 0.493 e. The number of nitrogens with zero attached hydrogens (tertiary/aromatic N) is 1. The smallest absolute Gasteiger partial charge is 0.419 e. The van der Waals surface area contributed by atoms with Crippen LogP contribution in [0.4, 0.5) is 13.2 Å². The first kappa shape index (κ1) is 33.3. The van der Waals surface area contributed by atoms with Crippen LogP contribution in [0.5, 0.6) is 5.75 Å². The Morgan fingerprint density at radius 2 is 1.49 bits per heavy atom. The van der Waals surface area contributed by atoms with E-state index in [0.29, 0.717) is 30.7 Å². The molecule has 0 aromatic heterocycles. The zero-order valence-corrected chi connectivity index (χ0v) is 26.2. The molecule has 0 amide bonds. The molecule has 41 heavy (non-hydrogen) atoms. The number of halogens is 3. The minimum Gasteiger partial charge on any atom is -0.493 e. The molecule has 0 fully saturated rings. The molecule has 0 spiro atoms. The maximum atomic E-state index is 14.0. The minimum atomic E-state index is -4.55. The Labute approximate surface area is 243 Å². The fourth-order valence-corrected chi connectivity index (χ4v) is 5.48. The van der Waals surface area contributed by atoms with Gasteiger partial charge in [0, 0.05) is 13.3 Å². The van der Waals surface area contributed by atoms with E-state index in [0.717, 1.165) is 11.1 Å². The Morgan fingerprint density at radius 1 is 0.878 bits per heavy atom. The molecule has 1 atom stereocenters. The number of hydrogen-bond acceptors (Lipinski definition) is 6. The van der Waals surface area contributed by atoms with Crippen LogP contribution in [0.15, 0.2) is 47.5 Å². The number of aliphatic imine (C=N–C) groups is 1. The summed E-state index contributed by atoms with van der Waals surface area (Å²) in [5.74, 6) is 0.341. The van der Waals surface area contributed by atoms with Gasteiger partial charge in [0.05, 0.1) is 30.0 Å². The van der Waals surface area contributed by atoms with Crippen molar-refractivity contribution in [2.75, 3.05) is 19.8 Å². The van der Waals surface area contributed by atoms with Crippen LogP contribution in [0.3, 0.4) is 0 Å². The summed E-state index contributed by atoms with van der Waals surface area (Å²) in [4.78, 5) is 4.69. The topological polar surface area (TPSA) is 58.5 Å². The van der Waals surface area contributed by atoms with Crippen LogP contribution >= 0.6 is 8.60 Å². The van der Waals surface area contributed by atoms with E-state index in [1.165, 1.54) is 12.1 Å². The number of hydrogen-bond donors (Lipinski definition) is 0. The van der Waals surface area contributed by atoms with E-state index in [1.54, 1.807) is 13.0 Å². The highest BCUT2D eigenvalue weighted by atomic mass is 31.2. The maximum Gasteiger partial charge on any atom is 0.419 e. The van der Waals surface area contributed by atoms with E-state index >= 15 is 0 Å². The van der Waals surface area contributed by atoms with Gasteiger partial charge in [-0.15, -0.1) is 0 Å². The van der Waals surface area contributed by atoms with E-state index < -0.39 is 37.1 Å². The van der Waals surface area contributed by atoms with Gasteiger partial charge in [0.2, 0.25) is 0 Å². The fourth-order valence-electron chi connectivity index (χ4n) is 4.09. The second kappa shape index (κ2) is 13.4. The molecule has 2 aromatic rings. The number of ether oxygens (including phenoxy) is 2. The molecule has 1 aliphatic heterocycles. The van der Waals surface area contributed by atoms with Gasteiger partial charge in [-0.3, -0.25) is 0 Å². The SMILES string of the molecule is CC1=NC(CCc2ccc(OCCc3ccc(C)cc3)c(C(F)(F)F)c2)(COP(OC(C)(C)C)OC(C)(C)C)CO1. The summed E-state index contributed by atoms with van der Waals surface area (Å²) in [7, 11) is -1.70. The maximum absolute atomic E-state index is 14.0. The second-order valence-electron chi connectivity index (χ2n) is 12.5. The summed E-state index contributed by atoms with van der Waals surface area (Å²) in [5.41, 5.74) is 0.122. The van der Waals surface area contributed by atoms with E-state index in [1.807, 2.05) is 72.7 Å². The highest BCUT2D eigenvalue weighted by molar-refractivity contribution is 7.41. The lowest BCUT2D eigenvalue weighted by Gasteiger charge is -2.32. The normalized spacial score (nSPS) is 18.0. The Balaban J connectivity index is 1.70. The lowest BCUT2D eigenvalue weighted by molar-refractivity contribution is -0.139. The summed E-state index contributed by atoms with van der Waals surface area (Å²) in [6.07, 6.45) is -3.27. The van der Waals surface area contributed by atoms with Crippen LogP contribution < -0.4 is 4.74 Å². The first-order valence-electron chi connectivity index (χ1n) is 13.8. The van der Waals surface area contributed by atoms with Gasteiger partial charge in [0.25, 0.3) is 0 Å². The lowest BCUT2D eigenvalue weighted by Crippen LogP contribution is -2.35. The van der Waals surface area contributed by atoms with Crippen LogP contribution in [-0.2, 0) is 37.3 Å². The summed E-state index contributed by atoms with van der Waals surface area (Å²) < 4.78 is 71.5. The molecule has 1 unspecified atom stereocenters. The standard InChI is InChI=1S/C31H43F3NO5P/c1-22-9-11-24(12-10-22)16-18-36-27-14-13-25(19-26(27)31(32,33)34)15-17-30(20-37-23(2)35-30)21-38-41(39-28(3,4)5)40-29(6,7)8/h9-14,19H,15-18,20-21H2,1-8H3. The zero-order chi connectivity index (χ0) is 30.5. The van der Waals surface area contributed by atoms with Gasteiger partial charge in [0.15, 0.2) is 5.90 Å². The van der Waals surface area contributed by atoms with Crippen molar-refractivity contribution in [3.8, 4) is 5.75 Å². The van der Waals surface area contributed by atoms with Gasteiger partial charge in [-0.1, -0.05) is 35.9 Å². The van der Waals surface area contributed by atoms with Crippen LogP contribution in [0.1, 0.15) is 77.1 Å². The first-order valence-corrected chi connectivity index (χ1v) is 14.9. The molecule has 0 saturated heterocycles. The minimum absolute atomic E-state index is 0.146. The molecule has 0 aliphatic carbocycles. The Bertz CT molecular complexity index is 1160. The van der Waals surface area contributed by atoms with Crippen LogP contribution in [0, 0.1) is 6.92 Å². The van der Waals surface area contributed by atoms with Crippen molar-refractivity contribution in [3.63, 3.8) is 0 Å². The van der Waals surface area contributed by atoms with Crippen molar-refractivity contribution in [2.45, 2.75) is 97.6 Å². The number of benzene rings is 2. The molecular weight excluding hydrogens is 554 g/mol. The molecule has 1 heterocycles. The molecule has 0 bridgehead atoms. The highest BCUT2D eigenvalue weighted by Crippen LogP contribution is 2.48.